The fraction of sp³-hybridized carbons (Fsp3) is 0.217. The van der Waals surface area contributed by atoms with Gasteiger partial charge in [0.2, 0.25) is 0 Å². The Kier molecular flexibility index (Phi) is 4.41. The number of benzene rings is 2. The van der Waals surface area contributed by atoms with E-state index >= 15 is 0 Å². The Hall–Kier alpha value is -3.72. The maximum atomic E-state index is 8.98. The fourth-order valence-corrected chi connectivity index (χ4v) is 3.82. The molecule has 0 amide bonds. The van der Waals surface area contributed by atoms with Gasteiger partial charge >= 0.3 is 0 Å². The molecule has 6 heteroatoms. The molecule has 2 aromatic carbocycles. The first-order valence-corrected chi connectivity index (χ1v) is 9.89. The minimum Gasteiger partial charge on any atom is -0.372 e. The van der Waals surface area contributed by atoms with Crippen molar-refractivity contribution in [1.29, 1.82) is 5.26 Å². The first-order valence-electron chi connectivity index (χ1n) is 9.89. The number of nitriles is 1. The minimum absolute atomic E-state index is 0.557. The van der Waals surface area contributed by atoms with Crippen LogP contribution in [-0.4, -0.2) is 32.7 Å². The van der Waals surface area contributed by atoms with Crippen LogP contribution in [0, 0.1) is 11.3 Å². The van der Waals surface area contributed by atoms with E-state index in [0.717, 1.165) is 29.9 Å². The van der Waals surface area contributed by atoms with E-state index in [1.165, 1.54) is 24.9 Å². The molecule has 29 heavy (non-hydrogen) atoms. The number of anilines is 1. The first-order chi connectivity index (χ1) is 14.3. The van der Waals surface area contributed by atoms with Crippen LogP contribution in [0.15, 0.2) is 60.8 Å². The summed E-state index contributed by atoms with van der Waals surface area (Å²) >= 11 is 0. The van der Waals surface area contributed by atoms with Crippen LogP contribution in [0.1, 0.15) is 24.8 Å². The smallest absolute Gasteiger partial charge is 0.253 e. The van der Waals surface area contributed by atoms with Gasteiger partial charge in [0.25, 0.3) is 5.78 Å². The lowest BCUT2D eigenvalue weighted by Crippen LogP contribution is -2.29. The molecule has 142 valence electrons. The number of aromatic nitrogens is 4. The lowest BCUT2D eigenvalue weighted by atomic mass is 10.1. The molecule has 0 spiro atoms. The molecule has 5 rings (SSSR count). The quantitative estimate of drug-likeness (QED) is 0.529. The number of hydrogen-bond donors (Lipinski definition) is 0. The molecule has 0 atom stereocenters. The Bertz CT molecular complexity index is 1180. The number of nitrogens with zero attached hydrogens (tertiary/aromatic N) is 6. The van der Waals surface area contributed by atoms with Crippen molar-refractivity contribution in [3.05, 3.63) is 66.4 Å². The van der Waals surface area contributed by atoms with Gasteiger partial charge in [0, 0.05) is 36.1 Å². The second-order valence-corrected chi connectivity index (χ2v) is 7.26. The summed E-state index contributed by atoms with van der Waals surface area (Å²) in [6.07, 6.45) is 5.63. The summed E-state index contributed by atoms with van der Waals surface area (Å²) in [6, 6.07) is 20.0. The topological polar surface area (TPSA) is 70.1 Å². The first kappa shape index (κ1) is 17.4. The molecule has 0 aliphatic carbocycles. The number of rotatable bonds is 3. The minimum atomic E-state index is 0.557. The van der Waals surface area contributed by atoms with E-state index in [1.54, 1.807) is 22.8 Å². The van der Waals surface area contributed by atoms with Gasteiger partial charge in [-0.15, -0.1) is 5.10 Å². The highest BCUT2D eigenvalue weighted by Crippen LogP contribution is 2.26. The number of piperidine rings is 1. The lowest BCUT2D eigenvalue weighted by Gasteiger charge is -2.28. The van der Waals surface area contributed by atoms with Gasteiger partial charge in [-0.3, -0.25) is 0 Å². The van der Waals surface area contributed by atoms with Crippen LogP contribution in [0.2, 0.25) is 0 Å². The summed E-state index contributed by atoms with van der Waals surface area (Å²) < 4.78 is 1.78. The zero-order valence-electron chi connectivity index (χ0n) is 16.0. The van der Waals surface area contributed by atoms with Crippen LogP contribution in [0.4, 0.5) is 5.69 Å². The van der Waals surface area contributed by atoms with Crippen LogP contribution in [-0.2, 0) is 0 Å². The van der Waals surface area contributed by atoms with Gasteiger partial charge in [0.1, 0.15) is 0 Å². The van der Waals surface area contributed by atoms with Crippen molar-refractivity contribution < 1.29 is 0 Å². The third kappa shape index (κ3) is 3.32. The average molecular weight is 380 g/mol. The molecule has 1 aliphatic heterocycles. The molecular weight excluding hydrogens is 360 g/mol. The van der Waals surface area contributed by atoms with Crippen LogP contribution < -0.4 is 4.90 Å². The SMILES string of the molecule is N#Cc1ccc(-c2nc3nccc(-c4ccc(N5CCCCC5)cc4)n3n2)cc1. The largest absolute Gasteiger partial charge is 0.372 e. The van der Waals surface area contributed by atoms with Gasteiger partial charge in [-0.05, 0) is 61.7 Å². The van der Waals surface area contributed by atoms with E-state index in [1.807, 2.05) is 18.2 Å². The summed E-state index contributed by atoms with van der Waals surface area (Å²) in [5.74, 6) is 1.15. The van der Waals surface area contributed by atoms with Crippen LogP contribution in [0.3, 0.4) is 0 Å². The predicted octanol–water partition coefficient (Wildman–Crippen LogP) is 4.32. The molecule has 6 nitrogen and oxygen atoms in total. The number of fused-ring (bicyclic) bond motifs is 1. The van der Waals surface area contributed by atoms with Gasteiger partial charge in [-0.1, -0.05) is 12.1 Å². The summed E-state index contributed by atoms with van der Waals surface area (Å²) in [7, 11) is 0. The third-order valence-electron chi connectivity index (χ3n) is 5.40. The van der Waals surface area contributed by atoms with Crippen molar-refractivity contribution in [3.8, 4) is 28.7 Å². The Balaban J connectivity index is 1.50. The molecule has 0 unspecified atom stereocenters. The van der Waals surface area contributed by atoms with Crippen molar-refractivity contribution in [3.63, 3.8) is 0 Å². The Morgan fingerprint density at radius 2 is 1.55 bits per heavy atom. The van der Waals surface area contributed by atoms with Gasteiger partial charge in [0.05, 0.1) is 17.3 Å². The van der Waals surface area contributed by atoms with E-state index < -0.39 is 0 Å². The van der Waals surface area contributed by atoms with Gasteiger partial charge < -0.3 is 4.90 Å². The van der Waals surface area contributed by atoms with Gasteiger partial charge in [0.15, 0.2) is 5.82 Å². The summed E-state index contributed by atoms with van der Waals surface area (Å²) in [5, 5.41) is 13.7. The van der Waals surface area contributed by atoms with E-state index in [9.17, 15) is 0 Å². The molecule has 4 aromatic rings. The van der Waals surface area contributed by atoms with Crippen molar-refractivity contribution in [2.45, 2.75) is 19.3 Å². The standard InChI is InChI=1S/C23H20N6/c24-16-17-4-6-19(7-5-17)22-26-23-25-13-12-21(29(23)27-22)18-8-10-20(11-9-18)28-14-2-1-3-15-28/h4-13H,1-3,14-15H2. The molecule has 0 radical (unpaired) electrons. The molecule has 1 aliphatic rings. The van der Waals surface area contributed by atoms with Gasteiger partial charge in [-0.2, -0.15) is 14.8 Å². The van der Waals surface area contributed by atoms with E-state index in [0.29, 0.717) is 17.2 Å². The Labute approximate surface area is 169 Å². The zero-order valence-corrected chi connectivity index (χ0v) is 16.0. The molecule has 3 heterocycles. The Morgan fingerprint density at radius 1 is 0.828 bits per heavy atom. The van der Waals surface area contributed by atoms with Crippen molar-refractivity contribution >= 4 is 11.5 Å². The number of hydrogen-bond acceptors (Lipinski definition) is 5. The van der Waals surface area contributed by atoms with Crippen LogP contribution in [0.5, 0.6) is 0 Å². The van der Waals surface area contributed by atoms with Crippen LogP contribution >= 0.6 is 0 Å². The molecule has 2 aromatic heterocycles. The fourth-order valence-electron chi connectivity index (χ4n) is 3.82. The van der Waals surface area contributed by atoms with Gasteiger partial charge in [-0.25, -0.2) is 4.98 Å². The highest BCUT2D eigenvalue weighted by atomic mass is 15.3. The van der Waals surface area contributed by atoms with Crippen molar-refractivity contribution in [2.75, 3.05) is 18.0 Å². The van der Waals surface area contributed by atoms with E-state index in [2.05, 4.69) is 50.3 Å². The normalized spacial score (nSPS) is 14.1. The third-order valence-corrected chi connectivity index (χ3v) is 5.40. The summed E-state index contributed by atoms with van der Waals surface area (Å²) in [5.41, 5.74) is 4.78. The maximum absolute atomic E-state index is 8.98. The molecule has 1 saturated heterocycles. The molecule has 0 N–H and O–H groups in total. The zero-order chi connectivity index (χ0) is 19.6. The summed E-state index contributed by atoms with van der Waals surface area (Å²) in [6.45, 7) is 2.27. The average Bonchev–Trinajstić information content (AvgIpc) is 3.24. The van der Waals surface area contributed by atoms with Crippen molar-refractivity contribution in [2.24, 2.45) is 0 Å². The molecule has 0 bridgehead atoms. The molecule has 1 fully saturated rings. The summed E-state index contributed by atoms with van der Waals surface area (Å²) in [4.78, 5) is 11.4. The predicted molar refractivity (Wildman–Crippen MR) is 112 cm³/mol. The van der Waals surface area contributed by atoms with Crippen LogP contribution in [0.25, 0.3) is 28.4 Å². The monoisotopic (exact) mass is 380 g/mol. The maximum Gasteiger partial charge on any atom is 0.253 e. The second-order valence-electron chi connectivity index (χ2n) is 7.26. The highest BCUT2D eigenvalue weighted by Gasteiger charge is 2.13. The van der Waals surface area contributed by atoms with E-state index in [4.69, 9.17) is 5.26 Å². The molecule has 0 saturated carbocycles. The second kappa shape index (κ2) is 7.36. The van der Waals surface area contributed by atoms with E-state index in [-0.39, 0.29) is 0 Å². The van der Waals surface area contributed by atoms with Crippen molar-refractivity contribution in [1.82, 2.24) is 19.6 Å². The lowest BCUT2D eigenvalue weighted by molar-refractivity contribution is 0.578. The Morgan fingerprint density at radius 3 is 2.28 bits per heavy atom. The molecular formula is C23H20N6. The highest BCUT2D eigenvalue weighted by molar-refractivity contribution is 5.66.